The van der Waals surface area contributed by atoms with E-state index in [-0.39, 0.29) is 44.1 Å². The summed E-state index contributed by atoms with van der Waals surface area (Å²) >= 11 is 16.3. The molecule has 2 saturated heterocycles. The normalized spacial score (nSPS) is 24.3. The van der Waals surface area contributed by atoms with Gasteiger partial charge in [0.15, 0.2) is 5.75 Å². The molecule has 1 N–H and O–H groups in total. The van der Waals surface area contributed by atoms with E-state index in [2.05, 4.69) is 32.9 Å². The quantitative estimate of drug-likeness (QED) is 0.126. The Morgan fingerprint density at radius 3 is 2.53 bits per heavy atom. The van der Waals surface area contributed by atoms with Crippen LogP contribution in [0.4, 0.5) is 4.39 Å². The molecule has 4 bridgehead atoms. The molecule has 15 nitrogen and oxygen atoms in total. The second-order valence-electron chi connectivity index (χ2n) is 19.6. The first-order chi connectivity index (χ1) is 34.9. The highest BCUT2D eigenvalue weighted by atomic mass is 35.5. The molecule has 1 saturated carbocycles. The Balaban J connectivity index is 0.954. The fourth-order valence-corrected chi connectivity index (χ4v) is 12.1. The van der Waals surface area contributed by atoms with Gasteiger partial charge in [0.1, 0.15) is 59.6 Å². The van der Waals surface area contributed by atoms with Gasteiger partial charge in [-0.2, -0.15) is 0 Å². The SMILES string of the molecule is Cc1c(Cl)c2c(Cl)c(C)c1-c1c(C3=CCCC3)sc3ncnc(c13)O[C@@H](C(=O)O)Cc1cc(ccc1OCc1ccnc([C@H]3CC[C@@](F)(COC[C@@H]4COCCO4)CC3)n1)OCC(CN1CCN(C)CC1)O2. The third-order valence-electron chi connectivity index (χ3n) is 14.5. The molecule has 1 unspecified atom stereocenters. The summed E-state index contributed by atoms with van der Waals surface area (Å²) in [6.45, 7) is 10.0. The number of aromatic nitrogens is 4. The minimum absolute atomic E-state index is 0.00812. The maximum atomic E-state index is 15.9. The molecule has 7 heterocycles. The number of thiophene rings is 1. The molecule has 3 aromatic heterocycles. The Kier molecular flexibility index (Phi) is 15.8. The van der Waals surface area contributed by atoms with Gasteiger partial charge in [0, 0.05) is 67.3 Å². The van der Waals surface area contributed by atoms with Crippen LogP contribution in [-0.4, -0.2) is 144 Å². The number of allylic oxidation sites excluding steroid dienone is 2. The molecule has 2 aliphatic carbocycles. The number of carbonyl (C=O) groups is 1. The number of hydrogen-bond donors (Lipinski definition) is 1. The number of alkyl halides is 1. The summed E-state index contributed by atoms with van der Waals surface area (Å²) < 4.78 is 59.2. The summed E-state index contributed by atoms with van der Waals surface area (Å²) in [7, 11) is 2.12. The first-order valence-electron chi connectivity index (χ1n) is 25.0. The minimum Gasteiger partial charge on any atom is -0.490 e. The standard InChI is InChI=1S/C53H61Cl2FN6O9S/c1-31-42-32(2)46(55)47(45(31)54)70-38(24-62-18-16-61(3)17-19-62)28-68-37-8-9-40(35(22-37)23-41(52(63)64)71-50-44-43(42)48(33-6-4-5-7-33)72-51(44)59-30-58-50)69-25-36-12-15-57-49(60-36)34-10-13-53(56,14-11-34)29-66-27-39-26-65-20-21-67-39/h6,8-9,12,15,22,30,34,38-39,41H,4-5,7,10-11,13-14,16-21,23-29H2,1-3H3,(H,63,64)/t34-,38?,39-,41+,53-/m0/s1. The van der Waals surface area contributed by atoms with E-state index < -0.39 is 23.8 Å². The Labute approximate surface area is 432 Å². The first kappa shape index (κ1) is 50.8. The number of rotatable bonds is 12. The van der Waals surface area contributed by atoms with E-state index in [0.717, 1.165) is 72.6 Å². The van der Waals surface area contributed by atoms with Crippen LogP contribution >= 0.6 is 34.5 Å². The number of fused-ring (bicyclic) bond motifs is 7. The van der Waals surface area contributed by atoms with Crippen LogP contribution < -0.4 is 18.9 Å². The van der Waals surface area contributed by atoms with Crippen molar-refractivity contribution in [3.63, 3.8) is 0 Å². The fraction of sp³-hybridized carbons (Fsp3) is 0.528. The van der Waals surface area contributed by atoms with Crippen LogP contribution in [0.1, 0.15) is 83.9 Å². The maximum Gasteiger partial charge on any atom is 0.345 e. The van der Waals surface area contributed by atoms with Crippen molar-refractivity contribution in [3.8, 4) is 34.3 Å². The summed E-state index contributed by atoms with van der Waals surface area (Å²) in [6, 6.07) is 7.14. The van der Waals surface area contributed by atoms with Crippen LogP contribution in [0.15, 0.2) is 42.9 Å². The highest BCUT2D eigenvalue weighted by Gasteiger charge is 2.38. The van der Waals surface area contributed by atoms with E-state index in [1.54, 1.807) is 30.5 Å². The van der Waals surface area contributed by atoms with Crippen molar-refractivity contribution in [2.75, 3.05) is 79.4 Å². The third kappa shape index (κ3) is 11.3. The highest BCUT2D eigenvalue weighted by Crippen LogP contribution is 2.53. The smallest absolute Gasteiger partial charge is 0.345 e. The zero-order valence-corrected chi connectivity index (χ0v) is 43.3. The second-order valence-corrected chi connectivity index (χ2v) is 21.4. The van der Waals surface area contributed by atoms with Gasteiger partial charge in [-0.3, -0.25) is 4.90 Å². The van der Waals surface area contributed by atoms with Gasteiger partial charge in [0.05, 0.1) is 54.2 Å². The number of nitrogens with zero attached hydrogens (tertiary/aromatic N) is 6. The third-order valence-corrected chi connectivity index (χ3v) is 16.6. The zero-order valence-electron chi connectivity index (χ0n) is 40.9. The molecular formula is C53H61Cl2FN6O9S. The first-order valence-corrected chi connectivity index (χ1v) is 26.6. The van der Waals surface area contributed by atoms with Crippen molar-refractivity contribution in [2.45, 2.75) is 102 Å². The molecule has 0 amide bonds. The lowest BCUT2D eigenvalue weighted by Gasteiger charge is -2.35. The van der Waals surface area contributed by atoms with Crippen molar-refractivity contribution in [1.29, 1.82) is 0 Å². The van der Waals surface area contributed by atoms with Gasteiger partial charge < -0.3 is 43.2 Å². The number of halogens is 3. The lowest BCUT2D eigenvalue weighted by molar-refractivity contribution is -0.145. The van der Waals surface area contributed by atoms with E-state index in [9.17, 15) is 9.90 Å². The molecule has 0 radical (unpaired) electrons. The van der Waals surface area contributed by atoms with Crippen molar-refractivity contribution >= 4 is 56.3 Å². The molecule has 3 atom stereocenters. The number of ether oxygens (including phenoxy) is 7. The zero-order chi connectivity index (χ0) is 49.9. The minimum atomic E-state index is -1.43. The molecule has 384 valence electrons. The number of benzene rings is 2. The maximum absolute atomic E-state index is 15.9. The van der Waals surface area contributed by atoms with Crippen LogP contribution in [0.25, 0.3) is 26.9 Å². The van der Waals surface area contributed by atoms with Crippen LogP contribution in [0.5, 0.6) is 23.1 Å². The van der Waals surface area contributed by atoms with Gasteiger partial charge in [-0.1, -0.05) is 29.3 Å². The Morgan fingerprint density at radius 2 is 1.79 bits per heavy atom. The van der Waals surface area contributed by atoms with E-state index in [1.807, 2.05) is 13.8 Å². The van der Waals surface area contributed by atoms with Gasteiger partial charge in [0.2, 0.25) is 12.0 Å². The summed E-state index contributed by atoms with van der Waals surface area (Å²) in [4.78, 5) is 38.5. The molecule has 11 rings (SSSR count). The molecule has 3 fully saturated rings. The lowest BCUT2D eigenvalue weighted by atomic mass is 9.80. The molecule has 2 aromatic carbocycles. The number of carboxylic acid groups (broad SMARTS) is 1. The second kappa shape index (κ2) is 22.4. The number of likely N-dealkylation sites (N-methyl/N-ethyl adjacent to an activating group) is 1. The highest BCUT2D eigenvalue weighted by molar-refractivity contribution is 7.20. The Morgan fingerprint density at radius 1 is 0.986 bits per heavy atom. The molecule has 5 aromatic rings. The van der Waals surface area contributed by atoms with Crippen molar-refractivity contribution < 1.29 is 47.4 Å². The molecule has 6 aliphatic rings. The van der Waals surface area contributed by atoms with Crippen molar-refractivity contribution in [2.24, 2.45) is 0 Å². The van der Waals surface area contributed by atoms with Crippen LogP contribution in [0.2, 0.25) is 10.0 Å². The Hall–Kier alpha value is -4.72. The van der Waals surface area contributed by atoms with Gasteiger partial charge in [-0.25, -0.2) is 29.1 Å². The van der Waals surface area contributed by atoms with Crippen molar-refractivity contribution in [3.05, 3.63) is 86.0 Å². The molecule has 0 spiro atoms. The largest absolute Gasteiger partial charge is 0.490 e. The van der Waals surface area contributed by atoms with Gasteiger partial charge >= 0.3 is 5.97 Å². The summed E-state index contributed by atoms with van der Waals surface area (Å²) in [5.41, 5.74) is 3.99. The summed E-state index contributed by atoms with van der Waals surface area (Å²) in [5.74, 6) is 0.810. The van der Waals surface area contributed by atoms with Crippen molar-refractivity contribution in [1.82, 2.24) is 29.7 Å². The average molecular weight is 1050 g/mol. The van der Waals surface area contributed by atoms with E-state index in [0.29, 0.717) is 113 Å². The number of piperazine rings is 1. The predicted octanol–water partition coefficient (Wildman–Crippen LogP) is 9.48. The topological polar surface area (TPSA) is 160 Å². The summed E-state index contributed by atoms with van der Waals surface area (Å²) in [6.07, 6.45) is 7.79. The molecule has 19 heteroatoms. The van der Waals surface area contributed by atoms with Crippen LogP contribution in [0, 0.1) is 13.8 Å². The van der Waals surface area contributed by atoms with Gasteiger partial charge in [-0.15, -0.1) is 11.3 Å². The monoisotopic (exact) mass is 1050 g/mol. The molecule has 72 heavy (non-hydrogen) atoms. The molecule has 4 aliphatic heterocycles. The van der Waals surface area contributed by atoms with Crippen LogP contribution in [-0.2, 0) is 32.0 Å². The molecular weight excluding hydrogens is 987 g/mol. The van der Waals surface area contributed by atoms with Gasteiger partial charge in [0.25, 0.3) is 0 Å². The number of hydrogen-bond acceptors (Lipinski definition) is 15. The van der Waals surface area contributed by atoms with Crippen LogP contribution in [0.3, 0.4) is 0 Å². The van der Waals surface area contributed by atoms with E-state index in [4.69, 9.17) is 66.3 Å². The van der Waals surface area contributed by atoms with E-state index >= 15 is 4.39 Å². The fourth-order valence-electron chi connectivity index (χ4n) is 10.4. The van der Waals surface area contributed by atoms with Gasteiger partial charge in [-0.05, 0) is 112 Å². The van der Waals surface area contributed by atoms with E-state index in [1.165, 1.54) is 23.2 Å². The number of carboxylic acids is 1. The lowest BCUT2D eigenvalue weighted by Crippen LogP contribution is -2.49. The average Bonchev–Trinajstić information content (AvgIpc) is 4.06. The predicted molar refractivity (Wildman–Crippen MR) is 273 cm³/mol. The number of aliphatic carboxylic acids is 1. The Bertz CT molecular complexity index is 2770. The summed E-state index contributed by atoms with van der Waals surface area (Å²) in [5, 5.41) is 12.3.